The van der Waals surface area contributed by atoms with Crippen molar-refractivity contribution < 1.29 is 22.4 Å². The number of hydrogen-bond acceptors (Lipinski definition) is 6. The molecular formula is C17H23N3O6S. The van der Waals surface area contributed by atoms with Gasteiger partial charge >= 0.3 is 11.8 Å². The number of fused-ring (bicyclic) bond motifs is 1. The number of oxazole rings is 1. The quantitative estimate of drug-likeness (QED) is 0.819. The second-order valence-corrected chi connectivity index (χ2v) is 8.04. The Morgan fingerprint density at radius 3 is 2.63 bits per heavy atom. The van der Waals surface area contributed by atoms with Gasteiger partial charge in [-0.2, -0.15) is 0 Å². The number of carbonyl (C=O) groups is 1. The van der Waals surface area contributed by atoms with Crippen LogP contribution in [0.15, 0.2) is 32.3 Å². The van der Waals surface area contributed by atoms with E-state index in [4.69, 9.17) is 9.15 Å². The van der Waals surface area contributed by atoms with Crippen molar-refractivity contribution in [2.45, 2.75) is 44.2 Å². The summed E-state index contributed by atoms with van der Waals surface area (Å²) >= 11 is 0. The Morgan fingerprint density at radius 2 is 2.00 bits per heavy atom. The molecule has 0 aliphatic carbocycles. The number of likely N-dealkylation sites (tertiary alicyclic amines) is 1. The molecule has 0 unspecified atom stereocenters. The average molecular weight is 397 g/mol. The molecule has 3 rings (SSSR count). The van der Waals surface area contributed by atoms with Crippen LogP contribution in [0.1, 0.15) is 26.7 Å². The predicted molar refractivity (Wildman–Crippen MR) is 98.1 cm³/mol. The maximum atomic E-state index is 12.7. The fourth-order valence-corrected chi connectivity index (χ4v) is 4.52. The number of rotatable bonds is 5. The molecule has 0 bridgehead atoms. The third kappa shape index (κ3) is 4.01. The van der Waals surface area contributed by atoms with Crippen LogP contribution in [0.5, 0.6) is 0 Å². The summed E-state index contributed by atoms with van der Waals surface area (Å²) in [7, 11) is -3.77. The second-order valence-electron chi connectivity index (χ2n) is 6.32. The Kier molecular flexibility index (Phi) is 5.56. The number of carbonyl (C=O) groups excluding carboxylic acids is 1. The summed E-state index contributed by atoms with van der Waals surface area (Å²) in [5.41, 5.74) is 0.797. The molecule has 148 valence electrons. The van der Waals surface area contributed by atoms with Crippen LogP contribution in [0.3, 0.4) is 0 Å². The number of hydrogen-bond donors (Lipinski definition) is 1. The molecule has 1 aromatic heterocycles. The lowest BCUT2D eigenvalue weighted by atomic mass is 10.1. The molecule has 1 fully saturated rings. The van der Waals surface area contributed by atoms with Gasteiger partial charge in [-0.05, 0) is 38.8 Å². The van der Waals surface area contributed by atoms with E-state index in [-0.39, 0.29) is 22.6 Å². The largest absolute Gasteiger partial charge is 0.450 e. The fourth-order valence-electron chi connectivity index (χ4n) is 3.20. The molecular weight excluding hydrogens is 374 g/mol. The molecule has 2 aromatic rings. The molecule has 0 saturated carbocycles. The standard InChI is InChI=1S/C17H23N3O6S/c1-3-20-14-6-5-13(11-15(14)26-17(20)22)27(23,24)18-12-7-9-19(10-8-12)16(21)25-4-2/h5-6,11-12,18H,3-4,7-10H2,1-2H3. The molecule has 1 aromatic carbocycles. The highest BCUT2D eigenvalue weighted by Crippen LogP contribution is 2.20. The lowest BCUT2D eigenvalue weighted by Crippen LogP contribution is -2.46. The van der Waals surface area contributed by atoms with Crippen LogP contribution in [0.4, 0.5) is 4.79 Å². The molecule has 1 amide bonds. The van der Waals surface area contributed by atoms with Crippen molar-refractivity contribution in [3.05, 3.63) is 28.7 Å². The van der Waals surface area contributed by atoms with E-state index in [0.29, 0.717) is 44.6 Å². The zero-order chi connectivity index (χ0) is 19.6. The van der Waals surface area contributed by atoms with Crippen LogP contribution < -0.4 is 10.5 Å². The van der Waals surface area contributed by atoms with E-state index in [1.165, 1.54) is 16.7 Å². The Bertz CT molecular complexity index is 986. The van der Waals surface area contributed by atoms with Gasteiger partial charge in [0.1, 0.15) is 0 Å². The number of aryl methyl sites for hydroxylation is 1. The summed E-state index contributed by atoms with van der Waals surface area (Å²) in [6.07, 6.45) is 0.628. The van der Waals surface area contributed by atoms with Crippen molar-refractivity contribution in [2.24, 2.45) is 0 Å². The molecule has 0 spiro atoms. The highest BCUT2D eigenvalue weighted by Gasteiger charge is 2.27. The maximum absolute atomic E-state index is 12.7. The third-order valence-electron chi connectivity index (χ3n) is 4.61. The van der Waals surface area contributed by atoms with Crippen LogP contribution in [0.2, 0.25) is 0 Å². The van der Waals surface area contributed by atoms with Crippen LogP contribution in [0, 0.1) is 0 Å². The Hall–Kier alpha value is -2.33. The van der Waals surface area contributed by atoms with Gasteiger partial charge in [-0.15, -0.1) is 0 Å². The van der Waals surface area contributed by atoms with E-state index in [0.717, 1.165) is 0 Å². The predicted octanol–water partition coefficient (Wildman–Crippen LogP) is 1.51. The third-order valence-corrected chi connectivity index (χ3v) is 6.13. The first-order valence-electron chi connectivity index (χ1n) is 8.93. The van der Waals surface area contributed by atoms with Gasteiger partial charge in [0.15, 0.2) is 5.58 Å². The topological polar surface area (TPSA) is 111 Å². The highest BCUT2D eigenvalue weighted by atomic mass is 32.2. The van der Waals surface area contributed by atoms with Crippen molar-refractivity contribution in [3.8, 4) is 0 Å². The summed E-state index contributed by atoms with van der Waals surface area (Å²) in [6.45, 7) is 5.16. The summed E-state index contributed by atoms with van der Waals surface area (Å²) in [6, 6.07) is 4.11. The minimum Gasteiger partial charge on any atom is -0.450 e. The van der Waals surface area contributed by atoms with Gasteiger partial charge in [-0.1, -0.05) is 0 Å². The summed E-state index contributed by atoms with van der Waals surface area (Å²) < 4.78 is 39.6. The van der Waals surface area contributed by atoms with Gasteiger partial charge in [0.2, 0.25) is 10.0 Å². The molecule has 9 nitrogen and oxygen atoms in total. The van der Waals surface area contributed by atoms with Gasteiger partial charge in [0.25, 0.3) is 0 Å². The highest BCUT2D eigenvalue weighted by molar-refractivity contribution is 7.89. The number of piperidine rings is 1. The molecule has 27 heavy (non-hydrogen) atoms. The molecule has 1 aliphatic rings. The van der Waals surface area contributed by atoms with E-state index in [9.17, 15) is 18.0 Å². The normalized spacial score (nSPS) is 16.0. The zero-order valence-electron chi connectivity index (χ0n) is 15.3. The van der Waals surface area contributed by atoms with Gasteiger partial charge in [0, 0.05) is 31.7 Å². The summed E-state index contributed by atoms with van der Waals surface area (Å²) in [4.78, 5) is 25.1. The fraction of sp³-hybridized carbons (Fsp3) is 0.529. The minimum absolute atomic E-state index is 0.0415. The Labute approximate surface area is 156 Å². The van der Waals surface area contributed by atoms with Gasteiger partial charge in [0.05, 0.1) is 17.0 Å². The van der Waals surface area contributed by atoms with E-state index in [1.54, 1.807) is 17.9 Å². The molecule has 1 N–H and O–H groups in total. The van der Waals surface area contributed by atoms with Crippen molar-refractivity contribution >= 4 is 27.2 Å². The van der Waals surface area contributed by atoms with Crippen LogP contribution in [-0.2, 0) is 21.3 Å². The number of ether oxygens (including phenoxy) is 1. The number of nitrogens with zero attached hydrogens (tertiary/aromatic N) is 2. The van der Waals surface area contributed by atoms with E-state index < -0.39 is 15.8 Å². The SMILES string of the molecule is CCOC(=O)N1CCC(NS(=O)(=O)c2ccc3c(c2)oc(=O)n3CC)CC1. The van der Waals surface area contributed by atoms with Crippen LogP contribution >= 0.6 is 0 Å². The monoisotopic (exact) mass is 397 g/mol. The minimum atomic E-state index is -3.77. The van der Waals surface area contributed by atoms with E-state index in [2.05, 4.69) is 4.72 Å². The summed E-state index contributed by atoms with van der Waals surface area (Å²) in [5.74, 6) is -0.513. The average Bonchev–Trinajstić information content (AvgIpc) is 2.96. The zero-order valence-corrected chi connectivity index (χ0v) is 16.1. The Morgan fingerprint density at radius 1 is 1.30 bits per heavy atom. The lowest BCUT2D eigenvalue weighted by Gasteiger charge is -2.31. The molecule has 2 heterocycles. The Balaban J connectivity index is 1.71. The number of benzene rings is 1. The van der Waals surface area contributed by atoms with Gasteiger partial charge in [-0.25, -0.2) is 22.7 Å². The summed E-state index contributed by atoms with van der Waals surface area (Å²) in [5, 5.41) is 0. The second kappa shape index (κ2) is 7.73. The first-order chi connectivity index (χ1) is 12.9. The molecule has 0 radical (unpaired) electrons. The molecule has 10 heteroatoms. The van der Waals surface area contributed by atoms with Crippen molar-refractivity contribution in [1.82, 2.24) is 14.2 Å². The van der Waals surface area contributed by atoms with E-state index >= 15 is 0 Å². The van der Waals surface area contributed by atoms with E-state index in [1.807, 2.05) is 6.92 Å². The molecule has 0 atom stereocenters. The van der Waals surface area contributed by atoms with Crippen molar-refractivity contribution in [1.29, 1.82) is 0 Å². The molecule has 1 saturated heterocycles. The van der Waals surface area contributed by atoms with Crippen molar-refractivity contribution in [3.63, 3.8) is 0 Å². The first kappa shape index (κ1) is 19.4. The number of sulfonamides is 1. The maximum Gasteiger partial charge on any atom is 0.419 e. The number of amides is 1. The smallest absolute Gasteiger partial charge is 0.419 e. The van der Waals surface area contributed by atoms with Crippen LogP contribution in [-0.4, -0.2) is 49.7 Å². The van der Waals surface area contributed by atoms with Gasteiger partial charge < -0.3 is 14.1 Å². The number of nitrogens with one attached hydrogen (secondary N) is 1. The van der Waals surface area contributed by atoms with Gasteiger partial charge in [-0.3, -0.25) is 4.57 Å². The molecule has 1 aliphatic heterocycles. The number of aromatic nitrogens is 1. The lowest BCUT2D eigenvalue weighted by molar-refractivity contribution is 0.0966. The first-order valence-corrected chi connectivity index (χ1v) is 10.4. The van der Waals surface area contributed by atoms with Crippen molar-refractivity contribution in [2.75, 3.05) is 19.7 Å². The van der Waals surface area contributed by atoms with Crippen LogP contribution in [0.25, 0.3) is 11.1 Å².